The van der Waals surface area contributed by atoms with E-state index in [9.17, 15) is 9.59 Å². The minimum Gasteiger partial charge on any atom is -0.352 e. The van der Waals surface area contributed by atoms with E-state index < -0.39 is 27.9 Å². The van der Waals surface area contributed by atoms with E-state index in [2.05, 4.69) is 5.32 Å². The van der Waals surface area contributed by atoms with Gasteiger partial charge in [0, 0.05) is 6.04 Å². The Hall–Kier alpha value is -0.790. The molecule has 2 aliphatic rings. The number of nitrogens with zero attached hydrogens (tertiary/aromatic N) is 1. The largest absolute Gasteiger partial charge is 0.352 e. The highest BCUT2D eigenvalue weighted by atomic mass is 35.5. The first-order chi connectivity index (χ1) is 8.95. The van der Waals surface area contributed by atoms with Crippen LogP contribution >= 0.6 is 23.2 Å². The van der Waals surface area contributed by atoms with E-state index in [-0.39, 0.29) is 6.04 Å². The van der Waals surface area contributed by atoms with Crippen LogP contribution in [0.3, 0.4) is 0 Å². The Labute approximate surface area is 122 Å². The Morgan fingerprint density at radius 1 is 1.26 bits per heavy atom. The van der Waals surface area contributed by atoms with E-state index in [1.807, 2.05) is 0 Å². The van der Waals surface area contributed by atoms with E-state index in [1.165, 1.54) is 6.42 Å². The summed E-state index contributed by atoms with van der Waals surface area (Å²) in [5, 5.41) is 11.8. The van der Waals surface area contributed by atoms with Crippen molar-refractivity contribution in [1.82, 2.24) is 5.32 Å². The smallest absolute Gasteiger partial charge is 0.245 e. The van der Waals surface area contributed by atoms with Gasteiger partial charge in [-0.25, -0.2) is 0 Å². The third kappa shape index (κ3) is 3.40. The highest BCUT2D eigenvalue weighted by molar-refractivity contribution is 6.52. The quantitative estimate of drug-likeness (QED) is 0.640. The van der Waals surface area contributed by atoms with Crippen molar-refractivity contribution in [2.24, 2.45) is 11.8 Å². The van der Waals surface area contributed by atoms with Crippen LogP contribution in [0.5, 0.6) is 0 Å². The van der Waals surface area contributed by atoms with Gasteiger partial charge in [0.05, 0.1) is 12.0 Å². The van der Waals surface area contributed by atoms with Gasteiger partial charge in [-0.05, 0) is 19.3 Å². The third-order valence-electron chi connectivity index (χ3n) is 3.80. The van der Waals surface area contributed by atoms with Gasteiger partial charge in [0.15, 0.2) is 11.7 Å². The van der Waals surface area contributed by atoms with Gasteiger partial charge >= 0.3 is 0 Å². The lowest BCUT2D eigenvalue weighted by Gasteiger charge is -2.23. The van der Waals surface area contributed by atoms with Gasteiger partial charge in [-0.2, -0.15) is 5.26 Å². The molecular formula is C13H16Cl2N2O2. The molecule has 0 aliphatic heterocycles. The molecule has 2 saturated carbocycles. The molecule has 2 aliphatic carbocycles. The molecule has 0 bridgehead atoms. The topological polar surface area (TPSA) is 70.0 Å². The summed E-state index contributed by atoms with van der Waals surface area (Å²) in [7, 11) is 0. The van der Waals surface area contributed by atoms with E-state index in [4.69, 9.17) is 28.5 Å². The van der Waals surface area contributed by atoms with Crippen LogP contribution in [0.4, 0.5) is 0 Å². The van der Waals surface area contributed by atoms with Crippen LogP contribution < -0.4 is 5.32 Å². The van der Waals surface area contributed by atoms with E-state index >= 15 is 0 Å². The number of hydrogen-bond acceptors (Lipinski definition) is 3. The van der Waals surface area contributed by atoms with Crippen molar-refractivity contribution < 1.29 is 9.59 Å². The lowest BCUT2D eigenvalue weighted by molar-refractivity contribution is -0.132. The lowest BCUT2D eigenvalue weighted by Crippen LogP contribution is -2.42. The number of hydrogen-bond donors (Lipinski definition) is 1. The van der Waals surface area contributed by atoms with Crippen LogP contribution in [0.15, 0.2) is 0 Å². The molecule has 0 heterocycles. The van der Waals surface area contributed by atoms with Crippen molar-refractivity contribution in [3.63, 3.8) is 0 Å². The Bertz CT molecular complexity index is 425. The number of nitriles is 1. The van der Waals surface area contributed by atoms with Gasteiger partial charge in [-0.3, -0.25) is 9.59 Å². The summed E-state index contributed by atoms with van der Waals surface area (Å²) < 4.78 is -1.09. The fraction of sp³-hybridized carbons (Fsp3) is 0.769. The molecule has 0 aromatic carbocycles. The van der Waals surface area contributed by atoms with Gasteiger partial charge in [-0.1, -0.05) is 19.3 Å². The maximum absolute atomic E-state index is 12.0. The number of halogens is 2. The Kier molecular flexibility index (Phi) is 4.37. The molecule has 6 heteroatoms. The van der Waals surface area contributed by atoms with Crippen molar-refractivity contribution in [3.05, 3.63) is 0 Å². The Morgan fingerprint density at radius 3 is 2.32 bits per heavy atom. The summed E-state index contributed by atoms with van der Waals surface area (Å²) in [6.07, 6.45) is 5.48. The molecule has 4 nitrogen and oxygen atoms in total. The molecule has 19 heavy (non-hydrogen) atoms. The normalized spacial score (nSPS) is 27.1. The first kappa shape index (κ1) is 14.6. The maximum Gasteiger partial charge on any atom is 0.245 e. The lowest BCUT2D eigenvalue weighted by atomic mass is 9.94. The zero-order valence-corrected chi connectivity index (χ0v) is 12.0. The van der Waals surface area contributed by atoms with Crippen LogP contribution in [0, 0.1) is 23.2 Å². The zero-order chi connectivity index (χ0) is 14.0. The van der Waals surface area contributed by atoms with Gasteiger partial charge in [-0.15, -0.1) is 23.2 Å². The second kappa shape index (κ2) is 5.68. The number of nitrogens with one attached hydrogen (secondary N) is 1. The molecule has 0 unspecified atom stereocenters. The predicted molar refractivity (Wildman–Crippen MR) is 71.7 cm³/mol. The average molecular weight is 303 g/mol. The van der Waals surface area contributed by atoms with Crippen LogP contribution in [-0.2, 0) is 9.59 Å². The van der Waals surface area contributed by atoms with Gasteiger partial charge in [0.1, 0.15) is 4.33 Å². The third-order valence-corrected chi connectivity index (χ3v) is 4.63. The fourth-order valence-corrected chi connectivity index (χ4v) is 3.03. The molecule has 1 N–H and O–H groups in total. The first-order valence-electron chi connectivity index (χ1n) is 6.57. The van der Waals surface area contributed by atoms with Crippen LogP contribution in [0.25, 0.3) is 0 Å². The van der Waals surface area contributed by atoms with Crippen molar-refractivity contribution in [2.45, 2.75) is 48.9 Å². The standard InChI is InChI=1S/C13H16Cl2N2O2/c14-13(15)6-10(13)11(18)9(7-16)12(19)17-8-4-2-1-3-5-8/h8-10H,1-6H2,(H,17,19)/t9-,10-/m0/s1. The Balaban J connectivity index is 1.92. The highest BCUT2D eigenvalue weighted by Crippen LogP contribution is 2.54. The number of amides is 1. The van der Waals surface area contributed by atoms with Gasteiger partial charge in [0.2, 0.25) is 5.91 Å². The van der Waals surface area contributed by atoms with Crippen molar-refractivity contribution in [3.8, 4) is 6.07 Å². The molecule has 0 saturated heterocycles. The molecular weight excluding hydrogens is 287 g/mol. The molecule has 2 rings (SSSR count). The molecule has 104 valence electrons. The van der Waals surface area contributed by atoms with Crippen LogP contribution in [-0.4, -0.2) is 22.1 Å². The number of rotatable bonds is 4. The zero-order valence-electron chi connectivity index (χ0n) is 10.5. The summed E-state index contributed by atoms with van der Waals surface area (Å²) in [5.74, 6) is -2.83. The second-order valence-corrected chi connectivity index (χ2v) is 6.87. The summed E-state index contributed by atoms with van der Waals surface area (Å²) in [6.45, 7) is 0. The summed E-state index contributed by atoms with van der Waals surface area (Å²) in [4.78, 5) is 24.0. The fourth-order valence-electron chi connectivity index (χ4n) is 2.51. The molecule has 0 radical (unpaired) electrons. The number of alkyl halides is 2. The van der Waals surface area contributed by atoms with Crippen LogP contribution in [0.2, 0.25) is 0 Å². The molecule has 0 spiro atoms. The van der Waals surface area contributed by atoms with Gasteiger partial charge in [0.25, 0.3) is 0 Å². The minimum absolute atomic E-state index is 0.0841. The number of carbonyl (C=O) groups excluding carboxylic acids is 2. The predicted octanol–water partition coefficient (Wildman–Crippen LogP) is 2.34. The number of Topliss-reactive ketones (excluding diaryl/α,β-unsaturated/α-hetero) is 1. The molecule has 2 fully saturated rings. The van der Waals surface area contributed by atoms with Crippen molar-refractivity contribution in [1.29, 1.82) is 5.26 Å². The number of ketones is 1. The minimum atomic E-state index is -1.29. The van der Waals surface area contributed by atoms with Crippen LogP contribution in [0.1, 0.15) is 38.5 Å². The highest BCUT2D eigenvalue weighted by Gasteiger charge is 2.58. The average Bonchev–Trinajstić information content (AvgIpc) is 3.00. The van der Waals surface area contributed by atoms with E-state index in [1.54, 1.807) is 6.07 Å². The molecule has 0 aromatic rings. The maximum atomic E-state index is 12.0. The first-order valence-corrected chi connectivity index (χ1v) is 7.33. The van der Waals surface area contributed by atoms with Crippen molar-refractivity contribution >= 4 is 34.9 Å². The molecule has 2 atom stereocenters. The van der Waals surface area contributed by atoms with Crippen molar-refractivity contribution in [2.75, 3.05) is 0 Å². The second-order valence-electron chi connectivity index (χ2n) is 5.33. The molecule has 1 amide bonds. The molecule has 0 aromatic heterocycles. The van der Waals surface area contributed by atoms with E-state index in [0.717, 1.165) is 25.7 Å². The monoisotopic (exact) mass is 302 g/mol. The van der Waals surface area contributed by atoms with Gasteiger partial charge < -0.3 is 5.32 Å². The number of carbonyl (C=O) groups is 2. The summed E-state index contributed by atoms with van der Waals surface area (Å²) >= 11 is 11.6. The Morgan fingerprint density at radius 2 is 1.84 bits per heavy atom. The van der Waals surface area contributed by atoms with E-state index in [0.29, 0.717) is 6.42 Å². The SMILES string of the molecule is N#C[C@H](C(=O)NC1CCCCC1)C(=O)[C@@H]1CC1(Cl)Cl. The summed E-state index contributed by atoms with van der Waals surface area (Å²) in [5.41, 5.74) is 0. The summed E-state index contributed by atoms with van der Waals surface area (Å²) in [6, 6.07) is 1.86.